The SMILES string of the molecule is CC(C)NC(=O)C1(C2CCC(F)(F)CC2)CCN(C(=O)[C@@H](Cc2ccc(Cl)cc2)NC(=O)C2Cc3ccccc3CN2)CC1.FC1(F)CCCCC1. The average Bonchev–Trinajstić information content (AvgIpc) is 3.11. The number of likely N-dealkylation sites (tertiary alicyclic amines) is 1. The molecule has 3 N–H and O–H groups in total. The van der Waals surface area contributed by atoms with Crippen LogP contribution in [0.2, 0.25) is 5.02 Å². The first-order valence-corrected chi connectivity index (χ1v) is 19.2. The fourth-order valence-electron chi connectivity index (χ4n) is 8.20. The lowest BCUT2D eigenvalue weighted by Crippen LogP contribution is -2.59. The molecular weight excluding hydrogens is 696 g/mol. The normalized spacial score (nSPS) is 23.0. The molecule has 0 bridgehead atoms. The minimum atomic E-state index is -2.69. The Kier molecular flexibility index (Phi) is 13.3. The molecule has 2 heterocycles. The van der Waals surface area contributed by atoms with Crippen LogP contribution in [0.15, 0.2) is 48.5 Å². The minimum Gasteiger partial charge on any atom is -0.353 e. The van der Waals surface area contributed by atoms with Gasteiger partial charge < -0.3 is 20.9 Å². The summed E-state index contributed by atoms with van der Waals surface area (Å²) in [6, 6.07) is 13.9. The molecule has 1 saturated heterocycles. The molecule has 2 aliphatic carbocycles. The number of rotatable bonds is 8. The lowest BCUT2D eigenvalue weighted by atomic mass is 9.62. The lowest BCUT2D eigenvalue weighted by Gasteiger charge is -2.48. The fraction of sp³-hybridized carbons (Fsp3) is 0.625. The van der Waals surface area contributed by atoms with Crippen LogP contribution in [-0.2, 0) is 33.8 Å². The molecule has 286 valence electrons. The van der Waals surface area contributed by atoms with E-state index < -0.39 is 29.3 Å². The monoisotopic (exact) mass is 748 g/mol. The van der Waals surface area contributed by atoms with Gasteiger partial charge >= 0.3 is 0 Å². The summed E-state index contributed by atoms with van der Waals surface area (Å²) in [5, 5.41) is 9.95. The third-order valence-electron chi connectivity index (χ3n) is 11.3. The second-order valence-electron chi connectivity index (χ2n) is 15.5. The van der Waals surface area contributed by atoms with Crippen LogP contribution in [0.1, 0.15) is 101 Å². The maximum absolute atomic E-state index is 14.1. The van der Waals surface area contributed by atoms with E-state index in [1.165, 1.54) is 0 Å². The van der Waals surface area contributed by atoms with Gasteiger partial charge in [0.05, 0.1) is 11.5 Å². The highest BCUT2D eigenvalue weighted by Crippen LogP contribution is 2.49. The smallest absolute Gasteiger partial charge is 0.248 e. The molecule has 0 radical (unpaired) electrons. The summed E-state index contributed by atoms with van der Waals surface area (Å²) < 4.78 is 52.5. The zero-order valence-electron chi connectivity index (χ0n) is 30.3. The Labute approximate surface area is 310 Å². The maximum atomic E-state index is 14.1. The van der Waals surface area contributed by atoms with Crippen LogP contribution >= 0.6 is 11.6 Å². The fourth-order valence-corrected chi connectivity index (χ4v) is 8.33. The van der Waals surface area contributed by atoms with Gasteiger partial charge in [-0.3, -0.25) is 14.4 Å². The largest absolute Gasteiger partial charge is 0.353 e. The van der Waals surface area contributed by atoms with Crippen LogP contribution in [0.3, 0.4) is 0 Å². The van der Waals surface area contributed by atoms with Gasteiger partial charge in [-0.25, -0.2) is 17.6 Å². The van der Waals surface area contributed by atoms with Gasteiger partial charge in [-0.1, -0.05) is 54.4 Å². The number of carbonyl (C=O) groups is 3. The van der Waals surface area contributed by atoms with E-state index in [1.807, 2.05) is 50.2 Å². The van der Waals surface area contributed by atoms with Crippen LogP contribution in [0.5, 0.6) is 0 Å². The first kappa shape index (κ1) is 40.0. The average molecular weight is 749 g/mol. The maximum Gasteiger partial charge on any atom is 0.248 e. The molecule has 12 heteroatoms. The Balaban J connectivity index is 0.000000577. The number of alkyl halides is 4. The van der Waals surface area contributed by atoms with Crippen molar-refractivity contribution in [2.24, 2.45) is 11.3 Å². The molecule has 0 spiro atoms. The summed E-state index contributed by atoms with van der Waals surface area (Å²) in [7, 11) is 0. The van der Waals surface area contributed by atoms with Crippen LogP contribution in [0, 0.1) is 11.3 Å². The zero-order valence-corrected chi connectivity index (χ0v) is 31.1. The number of halogens is 5. The van der Waals surface area contributed by atoms with Gasteiger partial charge in [0.15, 0.2) is 0 Å². The van der Waals surface area contributed by atoms with Crippen molar-refractivity contribution in [1.29, 1.82) is 0 Å². The van der Waals surface area contributed by atoms with Gasteiger partial charge in [-0.05, 0) is 93.5 Å². The van der Waals surface area contributed by atoms with Crippen LogP contribution in [0.25, 0.3) is 0 Å². The quantitative estimate of drug-likeness (QED) is 0.243. The third kappa shape index (κ3) is 10.5. The Morgan fingerprint density at radius 3 is 2.00 bits per heavy atom. The Morgan fingerprint density at radius 1 is 0.827 bits per heavy atom. The molecule has 1 unspecified atom stereocenters. The highest BCUT2D eigenvalue weighted by atomic mass is 35.5. The Bertz CT molecular complexity index is 1510. The molecule has 2 aromatic carbocycles. The van der Waals surface area contributed by atoms with Crippen LogP contribution < -0.4 is 16.0 Å². The summed E-state index contributed by atoms with van der Waals surface area (Å²) >= 11 is 6.10. The number of fused-ring (bicyclic) bond motifs is 1. The van der Waals surface area contributed by atoms with E-state index in [1.54, 1.807) is 17.0 Å². The van der Waals surface area contributed by atoms with E-state index >= 15 is 0 Å². The van der Waals surface area contributed by atoms with E-state index in [0.29, 0.717) is 69.6 Å². The van der Waals surface area contributed by atoms with Crippen molar-refractivity contribution in [3.63, 3.8) is 0 Å². The molecule has 3 fully saturated rings. The minimum absolute atomic E-state index is 0.0802. The van der Waals surface area contributed by atoms with E-state index in [-0.39, 0.29) is 61.8 Å². The number of benzene rings is 2. The summed E-state index contributed by atoms with van der Waals surface area (Å²) in [5.74, 6) is -5.73. The number of hydrogen-bond donors (Lipinski definition) is 3. The molecule has 6 rings (SSSR count). The van der Waals surface area contributed by atoms with Gasteiger partial charge in [0.1, 0.15) is 6.04 Å². The number of nitrogens with zero attached hydrogens (tertiary/aromatic N) is 1. The number of hydrogen-bond acceptors (Lipinski definition) is 4. The summed E-state index contributed by atoms with van der Waals surface area (Å²) in [6.07, 6.45) is 4.43. The molecule has 4 aliphatic rings. The van der Waals surface area contributed by atoms with Crippen molar-refractivity contribution < 1.29 is 31.9 Å². The molecule has 0 aromatic heterocycles. The molecular formula is C40H53ClF4N4O3. The van der Waals surface area contributed by atoms with Crippen molar-refractivity contribution in [3.05, 3.63) is 70.2 Å². The van der Waals surface area contributed by atoms with Gasteiger partial charge in [-0.15, -0.1) is 0 Å². The molecule has 2 aromatic rings. The van der Waals surface area contributed by atoms with Crippen molar-refractivity contribution >= 4 is 29.3 Å². The summed E-state index contributed by atoms with van der Waals surface area (Å²) in [4.78, 5) is 42.9. The van der Waals surface area contributed by atoms with Crippen molar-refractivity contribution in [1.82, 2.24) is 20.9 Å². The summed E-state index contributed by atoms with van der Waals surface area (Å²) in [5.41, 5.74) is 2.33. The molecule has 52 heavy (non-hydrogen) atoms. The molecule has 7 nitrogen and oxygen atoms in total. The second kappa shape index (κ2) is 17.3. The van der Waals surface area contributed by atoms with E-state index in [2.05, 4.69) is 16.0 Å². The van der Waals surface area contributed by atoms with Crippen molar-refractivity contribution in [2.75, 3.05) is 13.1 Å². The molecule has 3 amide bonds. The predicted octanol–water partition coefficient (Wildman–Crippen LogP) is 7.63. The highest BCUT2D eigenvalue weighted by molar-refractivity contribution is 6.30. The topological polar surface area (TPSA) is 90.5 Å². The van der Waals surface area contributed by atoms with Gasteiger partial charge in [-0.2, -0.15) is 0 Å². The van der Waals surface area contributed by atoms with E-state index in [4.69, 9.17) is 11.6 Å². The number of carbonyl (C=O) groups excluding carboxylic acids is 3. The first-order valence-electron chi connectivity index (χ1n) is 18.9. The molecule has 2 aliphatic heterocycles. The predicted molar refractivity (Wildman–Crippen MR) is 194 cm³/mol. The van der Waals surface area contributed by atoms with E-state index in [0.717, 1.165) is 23.1 Å². The molecule has 2 atom stereocenters. The highest BCUT2D eigenvalue weighted by Gasteiger charge is 2.51. The van der Waals surface area contributed by atoms with Crippen molar-refractivity contribution in [2.45, 2.75) is 134 Å². The van der Waals surface area contributed by atoms with Gasteiger partial charge in [0.2, 0.25) is 29.6 Å². The van der Waals surface area contributed by atoms with Crippen LogP contribution in [0.4, 0.5) is 17.6 Å². The Morgan fingerprint density at radius 2 is 1.42 bits per heavy atom. The zero-order chi connectivity index (χ0) is 37.5. The third-order valence-corrected chi connectivity index (χ3v) is 11.5. The van der Waals surface area contributed by atoms with Crippen molar-refractivity contribution in [3.8, 4) is 0 Å². The Hall–Kier alpha value is -3.18. The number of nitrogens with one attached hydrogen (secondary N) is 3. The lowest BCUT2D eigenvalue weighted by molar-refractivity contribution is -0.149. The first-order chi connectivity index (χ1) is 24.7. The number of piperidine rings is 1. The second-order valence-corrected chi connectivity index (χ2v) is 15.9. The standard InChI is InChI=1S/C34H43ClF2N4O3.C6H10F2/c1-22(2)39-32(44)33(26-11-13-34(36,37)14-12-26)15-17-41(18-16-33)31(43)29(19-23-7-9-27(35)10-8-23)40-30(42)28-20-24-5-3-4-6-25(24)21-38-28;7-6(8)4-2-1-3-5-6/h3-10,22,26,28-29,38H,11-21H2,1-2H3,(H,39,44)(H,40,42);1-5H2/t28?,29-;/m1./s1. The van der Waals surface area contributed by atoms with Gasteiger partial charge in [0.25, 0.3) is 0 Å². The van der Waals surface area contributed by atoms with Crippen LogP contribution in [-0.4, -0.2) is 65.7 Å². The summed E-state index contributed by atoms with van der Waals surface area (Å²) in [6.45, 7) is 4.99. The van der Waals surface area contributed by atoms with Gasteiger partial charge in [0, 0.05) is 62.8 Å². The molecule has 2 saturated carbocycles. The van der Waals surface area contributed by atoms with E-state index in [9.17, 15) is 31.9 Å². The number of amides is 3.